The van der Waals surface area contributed by atoms with Crippen LogP contribution in [0.4, 0.5) is 8.78 Å². The fraction of sp³-hybridized carbons (Fsp3) is 0.222. The second-order valence-corrected chi connectivity index (χ2v) is 3.17. The molecule has 2 aromatic rings. The first-order valence-electron chi connectivity index (χ1n) is 4.42. The molecule has 16 heavy (non-hydrogen) atoms. The fourth-order valence-electron chi connectivity index (χ4n) is 1.36. The van der Waals surface area contributed by atoms with Crippen molar-refractivity contribution >= 4 is 17.0 Å². The van der Waals surface area contributed by atoms with Gasteiger partial charge in [-0.25, -0.2) is 18.3 Å². The lowest BCUT2D eigenvalue weighted by atomic mass is 10.2. The topological polar surface area (TPSA) is 68.0 Å². The lowest BCUT2D eigenvalue weighted by molar-refractivity contribution is 0.0697. The number of carbonyl (C=O) groups is 1. The van der Waals surface area contributed by atoms with Crippen LogP contribution in [0.15, 0.2) is 18.2 Å². The summed E-state index contributed by atoms with van der Waals surface area (Å²) in [5.41, 5.74) is 0.705. The molecule has 0 spiro atoms. The highest BCUT2D eigenvalue weighted by Crippen LogP contribution is 2.14. The van der Waals surface area contributed by atoms with E-state index in [1.54, 1.807) is 0 Å². The van der Waals surface area contributed by atoms with E-state index < -0.39 is 18.9 Å². The maximum atomic E-state index is 12.2. The van der Waals surface area contributed by atoms with Gasteiger partial charge in [0.1, 0.15) is 12.1 Å². The van der Waals surface area contributed by atoms with Crippen molar-refractivity contribution in [3.8, 4) is 0 Å². The van der Waals surface area contributed by atoms with Crippen LogP contribution in [0.5, 0.6) is 0 Å². The summed E-state index contributed by atoms with van der Waals surface area (Å²) < 4.78 is 25.4. The molecule has 7 heteroatoms. The van der Waals surface area contributed by atoms with E-state index in [1.807, 2.05) is 0 Å². The highest BCUT2D eigenvalue weighted by molar-refractivity contribution is 5.92. The maximum Gasteiger partial charge on any atom is 0.335 e. The van der Waals surface area contributed by atoms with Crippen LogP contribution >= 0.6 is 0 Å². The van der Waals surface area contributed by atoms with E-state index in [0.717, 1.165) is 4.68 Å². The molecule has 0 amide bonds. The number of aromatic nitrogens is 3. The van der Waals surface area contributed by atoms with Gasteiger partial charge in [0.15, 0.2) is 0 Å². The summed E-state index contributed by atoms with van der Waals surface area (Å²) in [5.74, 6) is -1.12. The molecule has 0 saturated carbocycles. The smallest absolute Gasteiger partial charge is 0.335 e. The summed E-state index contributed by atoms with van der Waals surface area (Å²) in [7, 11) is 0. The SMILES string of the molecule is O=C(O)c1ccc2nnn(CC(F)F)c2c1. The minimum atomic E-state index is -2.56. The van der Waals surface area contributed by atoms with Crippen LogP contribution in [0.1, 0.15) is 10.4 Å². The minimum Gasteiger partial charge on any atom is -0.478 e. The van der Waals surface area contributed by atoms with Crippen molar-refractivity contribution in [2.75, 3.05) is 0 Å². The molecule has 0 radical (unpaired) electrons. The van der Waals surface area contributed by atoms with Gasteiger partial charge in [0.25, 0.3) is 6.43 Å². The molecule has 0 aliphatic rings. The molecule has 1 N–H and O–H groups in total. The molecule has 1 aromatic carbocycles. The zero-order valence-electron chi connectivity index (χ0n) is 7.97. The number of rotatable bonds is 3. The molecular formula is C9H7F2N3O2. The van der Waals surface area contributed by atoms with Crippen molar-refractivity contribution in [1.29, 1.82) is 0 Å². The third-order valence-corrected chi connectivity index (χ3v) is 2.07. The van der Waals surface area contributed by atoms with Crippen molar-refractivity contribution in [2.45, 2.75) is 13.0 Å². The highest BCUT2D eigenvalue weighted by atomic mass is 19.3. The molecule has 0 aliphatic carbocycles. The number of aromatic carboxylic acids is 1. The van der Waals surface area contributed by atoms with Gasteiger partial charge in [-0.15, -0.1) is 5.10 Å². The number of nitrogens with zero attached hydrogens (tertiary/aromatic N) is 3. The Morgan fingerprint density at radius 2 is 2.25 bits per heavy atom. The number of fused-ring (bicyclic) bond motifs is 1. The molecule has 1 heterocycles. The number of hydrogen-bond donors (Lipinski definition) is 1. The van der Waals surface area contributed by atoms with Crippen LogP contribution in [0.2, 0.25) is 0 Å². The van der Waals surface area contributed by atoms with Gasteiger partial charge in [-0.2, -0.15) is 0 Å². The monoisotopic (exact) mass is 227 g/mol. The molecule has 1 aromatic heterocycles. The lowest BCUT2D eigenvalue weighted by Crippen LogP contribution is -2.08. The van der Waals surface area contributed by atoms with Gasteiger partial charge < -0.3 is 5.11 Å². The average Bonchev–Trinajstić information content (AvgIpc) is 2.60. The van der Waals surface area contributed by atoms with Crippen LogP contribution in [0.3, 0.4) is 0 Å². The number of halogens is 2. The normalized spacial score (nSPS) is 11.2. The standard InChI is InChI=1S/C9H7F2N3O2/c10-8(11)4-14-7-3-5(9(15)16)1-2-6(7)12-13-14/h1-3,8H,4H2,(H,15,16). The van der Waals surface area contributed by atoms with Gasteiger partial charge in [0.05, 0.1) is 11.1 Å². The summed E-state index contributed by atoms with van der Waals surface area (Å²) >= 11 is 0. The lowest BCUT2D eigenvalue weighted by Gasteiger charge is -2.00. The Bertz CT molecular complexity index is 539. The summed E-state index contributed by atoms with van der Waals surface area (Å²) in [6.45, 7) is -0.598. The molecule has 2 rings (SSSR count). The summed E-state index contributed by atoms with van der Waals surface area (Å²) in [6, 6.07) is 4.07. The van der Waals surface area contributed by atoms with Gasteiger partial charge in [-0.1, -0.05) is 5.21 Å². The maximum absolute atomic E-state index is 12.2. The molecule has 5 nitrogen and oxygen atoms in total. The molecule has 0 saturated heterocycles. The zero-order valence-corrected chi connectivity index (χ0v) is 7.97. The Hall–Kier alpha value is -2.05. The van der Waals surface area contributed by atoms with E-state index in [-0.39, 0.29) is 5.56 Å². The molecule has 0 bridgehead atoms. The predicted molar refractivity (Wildman–Crippen MR) is 50.5 cm³/mol. The van der Waals surface area contributed by atoms with E-state index in [4.69, 9.17) is 5.11 Å². The molecule has 84 valence electrons. The van der Waals surface area contributed by atoms with Gasteiger partial charge in [0, 0.05) is 0 Å². The fourth-order valence-corrected chi connectivity index (χ4v) is 1.36. The Morgan fingerprint density at radius 3 is 2.88 bits per heavy atom. The Morgan fingerprint density at radius 1 is 1.50 bits per heavy atom. The Balaban J connectivity index is 2.51. The summed E-state index contributed by atoms with van der Waals surface area (Å²) in [4.78, 5) is 10.7. The quantitative estimate of drug-likeness (QED) is 0.860. The van der Waals surface area contributed by atoms with Crippen LogP contribution < -0.4 is 0 Å². The number of carboxylic acid groups (broad SMARTS) is 1. The van der Waals surface area contributed by atoms with E-state index in [1.165, 1.54) is 18.2 Å². The number of hydrogen-bond acceptors (Lipinski definition) is 3. The van der Waals surface area contributed by atoms with E-state index in [0.29, 0.717) is 11.0 Å². The number of alkyl halides is 2. The van der Waals surface area contributed by atoms with Crippen LogP contribution in [0.25, 0.3) is 11.0 Å². The minimum absolute atomic E-state index is 0.0188. The van der Waals surface area contributed by atoms with E-state index >= 15 is 0 Å². The first-order valence-corrected chi connectivity index (χ1v) is 4.42. The van der Waals surface area contributed by atoms with E-state index in [2.05, 4.69) is 10.3 Å². The molecule has 0 atom stereocenters. The average molecular weight is 227 g/mol. The largest absolute Gasteiger partial charge is 0.478 e. The van der Waals surface area contributed by atoms with Gasteiger partial charge in [0.2, 0.25) is 0 Å². The molecule has 0 unspecified atom stereocenters. The van der Waals surface area contributed by atoms with Crippen LogP contribution in [-0.4, -0.2) is 32.5 Å². The zero-order chi connectivity index (χ0) is 11.7. The van der Waals surface area contributed by atoms with Crippen molar-refractivity contribution in [3.05, 3.63) is 23.8 Å². The Labute approximate surface area is 88.3 Å². The van der Waals surface area contributed by atoms with Crippen molar-refractivity contribution in [3.63, 3.8) is 0 Å². The molecule has 0 aliphatic heterocycles. The summed E-state index contributed by atoms with van der Waals surface area (Å²) in [6.07, 6.45) is -2.56. The first kappa shape index (κ1) is 10.5. The molecular weight excluding hydrogens is 220 g/mol. The third-order valence-electron chi connectivity index (χ3n) is 2.07. The third kappa shape index (κ3) is 1.83. The van der Waals surface area contributed by atoms with Gasteiger partial charge in [-0.05, 0) is 18.2 Å². The summed E-state index contributed by atoms with van der Waals surface area (Å²) in [5, 5.41) is 15.9. The number of benzene rings is 1. The number of carboxylic acids is 1. The van der Waals surface area contributed by atoms with Crippen molar-refractivity contribution in [2.24, 2.45) is 0 Å². The van der Waals surface area contributed by atoms with Crippen molar-refractivity contribution in [1.82, 2.24) is 15.0 Å². The van der Waals surface area contributed by atoms with Gasteiger partial charge >= 0.3 is 5.97 Å². The second kappa shape index (κ2) is 3.84. The first-order chi connectivity index (χ1) is 7.58. The second-order valence-electron chi connectivity index (χ2n) is 3.17. The van der Waals surface area contributed by atoms with Gasteiger partial charge in [-0.3, -0.25) is 0 Å². The van der Waals surface area contributed by atoms with Crippen LogP contribution in [-0.2, 0) is 6.54 Å². The van der Waals surface area contributed by atoms with Crippen molar-refractivity contribution < 1.29 is 18.7 Å². The Kier molecular flexibility index (Phi) is 2.51. The van der Waals surface area contributed by atoms with E-state index in [9.17, 15) is 13.6 Å². The molecule has 0 fully saturated rings. The highest BCUT2D eigenvalue weighted by Gasteiger charge is 2.12. The predicted octanol–water partition coefficient (Wildman–Crippen LogP) is 1.39. The van der Waals surface area contributed by atoms with Crippen LogP contribution in [0, 0.1) is 0 Å².